The molecule has 0 saturated carbocycles. The van der Waals surface area contributed by atoms with Gasteiger partial charge in [-0.15, -0.1) is 0 Å². The predicted molar refractivity (Wildman–Crippen MR) is 219 cm³/mol. The minimum absolute atomic E-state index is 0.000424. The molecule has 1 saturated heterocycles. The van der Waals surface area contributed by atoms with Gasteiger partial charge in [-0.3, -0.25) is 33.7 Å². The van der Waals surface area contributed by atoms with Crippen molar-refractivity contribution in [3.63, 3.8) is 0 Å². The molecular weight excluding hydrogens is 784 g/mol. The van der Waals surface area contributed by atoms with Crippen LogP contribution in [-0.2, 0) is 47.7 Å². The highest BCUT2D eigenvalue weighted by Gasteiger charge is 2.43. The molecule has 60 heavy (non-hydrogen) atoms. The van der Waals surface area contributed by atoms with Gasteiger partial charge in [0.05, 0.1) is 25.9 Å². The van der Waals surface area contributed by atoms with E-state index >= 15 is 0 Å². The summed E-state index contributed by atoms with van der Waals surface area (Å²) in [5.74, 6) is -2.84. The molecule has 0 aliphatic carbocycles. The summed E-state index contributed by atoms with van der Waals surface area (Å²) in [5.41, 5.74) is 5.45. The van der Waals surface area contributed by atoms with Crippen LogP contribution in [0, 0.1) is 5.41 Å². The maximum absolute atomic E-state index is 13.0. The number of imide groups is 1. The number of carbonyl (C=O) groups is 6. The van der Waals surface area contributed by atoms with Gasteiger partial charge in [-0.1, -0.05) is 53.4 Å². The van der Waals surface area contributed by atoms with Crippen LogP contribution in [0.1, 0.15) is 112 Å². The van der Waals surface area contributed by atoms with E-state index in [1.807, 2.05) is 20.8 Å². The Balaban J connectivity index is 1.60. The second-order valence-corrected chi connectivity index (χ2v) is 16.3. The van der Waals surface area contributed by atoms with Gasteiger partial charge >= 0.3 is 0 Å². The lowest BCUT2D eigenvalue weighted by Gasteiger charge is -2.41. The van der Waals surface area contributed by atoms with E-state index < -0.39 is 66.3 Å². The highest BCUT2D eigenvalue weighted by molar-refractivity contribution is 6.13. The Bertz CT molecular complexity index is 1370. The number of amides is 6. The van der Waals surface area contributed by atoms with Crippen LogP contribution >= 0.6 is 0 Å². The maximum Gasteiger partial charge on any atom is 0.253 e. The second kappa shape index (κ2) is 27.4. The molecule has 3 unspecified atom stereocenters. The lowest BCUT2D eigenvalue weighted by molar-refractivity contribution is -0.276. The first-order valence-electron chi connectivity index (χ1n) is 21.4. The summed E-state index contributed by atoms with van der Waals surface area (Å²) in [6.07, 6.45) is 4.32. The van der Waals surface area contributed by atoms with Crippen LogP contribution in [0.5, 0.6) is 0 Å². The SMILES string of the molecule is CCCCC[C@H](NC(=O)CCCCO[C@@H]1OC(CO)[C@H](O)C(O)[C@@H]1N)C(=O)NCCCCCC(=O)NCCOC(C)(OCCNC(=O)CCN1C(=O)C=CC1=O)C(C)(C)C. The number of unbranched alkanes of at least 4 members (excludes halogenated alkanes) is 5. The van der Waals surface area contributed by atoms with Gasteiger partial charge in [-0.25, -0.2) is 0 Å². The van der Waals surface area contributed by atoms with Crippen LogP contribution in [0.2, 0.25) is 0 Å². The van der Waals surface area contributed by atoms with E-state index in [4.69, 9.17) is 24.7 Å². The Hall–Kier alpha value is -3.56. The smallest absolute Gasteiger partial charge is 0.253 e. The monoisotopic (exact) mass is 857 g/mol. The highest BCUT2D eigenvalue weighted by Crippen LogP contribution is 2.34. The summed E-state index contributed by atoms with van der Waals surface area (Å²) in [7, 11) is 0. The summed E-state index contributed by atoms with van der Waals surface area (Å²) in [4.78, 5) is 74.7. The molecule has 6 amide bonds. The number of nitrogens with one attached hydrogen (secondary N) is 4. The third-order valence-corrected chi connectivity index (χ3v) is 10.6. The standard InChI is InChI=1S/C41H72N6O13/c1-6-7-9-14-28(46-32(51)16-11-13-24-57-39-35(42)37(55)36(54)29(27-48)60-39)38(56)45-20-12-8-10-15-30(49)43-21-25-58-41(5,40(2,3)4)59-26-22-44-31(50)19-23-47-33(52)17-18-34(47)53/h17-18,28-29,35-37,39,48,54-55H,6-16,19-27,42H2,1-5H3,(H,43,49)(H,44,50)(H,45,56)(H,46,51)/t28-,29?,35-,36-,37?,39+,41?/m0/s1. The first-order chi connectivity index (χ1) is 28.4. The molecule has 2 aliphatic rings. The van der Waals surface area contributed by atoms with Gasteiger partial charge in [0.15, 0.2) is 12.1 Å². The summed E-state index contributed by atoms with van der Waals surface area (Å²) in [5, 5.41) is 40.7. The number of ether oxygens (including phenoxy) is 4. The van der Waals surface area contributed by atoms with E-state index in [1.54, 1.807) is 6.92 Å². The summed E-state index contributed by atoms with van der Waals surface area (Å²) in [6, 6.07) is -1.65. The van der Waals surface area contributed by atoms with Gasteiger partial charge in [0.2, 0.25) is 23.6 Å². The van der Waals surface area contributed by atoms with Gasteiger partial charge in [-0.2, -0.15) is 0 Å². The molecule has 0 aromatic carbocycles. The van der Waals surface area contributed by atoms with E-state index in [-0.39, 0.29) is 75.9 Å². The van der Waals surface area contributed by atoms with Crippen molar-refractivity contribution in [2.45, 2.75) is 154 Å². The molecule has 0 bridgehead atoms. The van der Waals surface area contributed by atoms with Crippen molar-refractivity contribution in [2.24, 2.45) is 11.1 Å². The molecule has 9 N–H and O–H groups in total. The van der Waals surface area contributed by atoms with E-state index in [1.165, 1.54) is 12.2 Å². The molecule has 2 heterocycles. The molecule has 2 aliphatic heterocycles. The molecule has 1 fully saturated rings. The maximum atomic E-state index is 13.0. The zero-order chi connectivity index (χ0) is 44.7. The quantitative estimate of drug-likeness (QED) is 0.0269. The first kappa shape index (κ1) is 52.6. The molecule has 2 rings (SSSR count). The molecule has 19 heteroatoms. The molecular formula is C41H72N6O13. The molecule has 0 radical (unpaired) electrons. The Morgan fingerprint density at radius 3 is 1.98 bits per heavy atom. The number of carbonyl (C=O) groups excluding carboxylic acids is 6. The van der Waals surface area contributed by atoms with Crippen molar-refractivity contribution in [3.05, 3.63) is 12.2 Å². The predicted octanol–water partition coefficient (Wildman–Crippen LogP) is 0.0243. The van der Waals surface area contributed by atoms with Crippen LogP contribution in [0.4, 0.5) is 0 Å². The van der Waals surface area contributed by atoms with Crippen molar-refractivity contribution < 1.29 is 63.0 Å². The van der Waals surface area contributed by atoms with Crippen molar-refractivity contribution in [1.82, 2.24) is 26.2 Å². The van der Waals surface area contributed by atoms with Crippen LogP contribution < -0.4 is 27.0 Å². The fourth-order valence-electron chi connectivity index (χ4n) is 6.29. The van der Waals surface area contributed by atoms with Crippen LogP contribution in [0.3, 0.4) is 0 Å². The molecule has 0 spiro atoms. The van der Waals surface area contributed by atoms with Gasteiger partial charge in [0.25, 0.3) is 11.8 Å². The molecule has 7 atom stereocenters. The number of rotatable bonds is 30. The van der Waals surface area contributed by atoms with E-state index in [2.05, 4.69) is 28.2 Å². The Morgan fingerprint density at radius 1 is 0.783 bits per heavy atom. The van der Waals surface area contributed by atoms with E-state index in [9.17, 15) is 44.1 Å². The normalized spacial score (nSPS) is 22.0. The average molecular weight is 857 g/mol. The largest absolute Gasteiger partial charge is 0.394 e. The summed E-state index contributed by atoms with van der Waals surface area (Å²) in [6.45, 7) is 10.6. The third kappa shape index (κ3) is 18.6. The van der Waals surface area contributed by atoms with Crippen molar-refractivity contribution in [3.8, 4) is 0 Å². The van der Waals surface area contributed by atoms with Crippen molar-refractivity contribution in [1.29, 1.82) is 0 Å². The van der Waals surface area contributed by atoms with Gasteiger partial charge in [0, 0.05) is 69.6 Å². The number of nitrogens with zero attached hydrogens (tertiary/aromatic N) is 1. The second-order valence-electron chi connectivity index (χ2n) is 16.3. The zero-order valence-corrected chi connectivity index (χ0v) is 36.2. The van der Waals surface area contributed by atoms with Gasteiger partial charge in [0.1, 0.15) is 24.4 Å². The van der Waals surface area contributed by atoms with Gasteiger partial charge < -0.3 is 61.3 Å². The zero-order valence-electron chi connectivity index (χ0n) is 36.2. The molecule has 19 nitrogen and oxygen atoms in total. The Kier molecular flexibility index (Phi) is 24.0. The van der Waals surface area contributed by atoms with Crippen molar-refractivity contribution in [2.75, 3.05) is 52.6 Å². The topological polar surface area (TPSA) is 277 Å². The van der Waals surface area contributed by atoms with E-state index in [0.717, 1.165) is 24.2 Å². The fourth-order valence-corrected chi connectivity index (χ4v) is 6.29. The highest BCUT2D eigenvalue weighted by atomic mass is 16.7. The van der Waals surface area contributed by atoms with Crippen molar-refractivity contribution >= 4 is 35.4 Å². The number of hydrogen-bond donors (Lipinski definition) is 8. The van der Waals surface area contributed by atoms with Crippen LogP contribution in [0.25, 0.3) is 0 Å². The minimum Gasteiger partial charge on any atom is -0.394 e. The number of aliphatic hydroxyl groups is 3. The van der Waals surface area contributed by atoms with E-state index in [0.29, 0.717) is 51.5 Å². The summed E-state index contributed by atoms with van der Waals surface area (Å²) >= 11 is 0. The van der Waals surface area contributed by atoms with Gasteiger partial charge in [-0.05, 0) is 39.0 Å². The molecule has 0 aromatic heterocycles. The van der Waals surface area contributed by atoms with Crippen LogP contribution in [-0.4, -0.2) is 151 Å². The number of aliphatic hydroxyl groups excluding tert-OH is 3. The lowest BCUT2D eigenvalue weighted by atomic mass is 9.86. The summed E-state index contributed by atoms with van der Waals surface area (Å²) < 4.78 is 23.1. The molecule has 0 aromatic rings. The molecule has 344 valence electrons. The number of hydrogen-bond acceptors (Lipinski definition) is 14. The van der Waals surface area contributed by atoms with Crippen LogP contribution in [0.15, 0.2) is 12.2 Å². The first-order valence-corrected chi connectivity index (χ1v) is 21.4. The number of nitrogens with two attached hydrogens (primary N) is 1. The average Bonchev–Trinajstić information content (AvgIpc) is 3.53. The Labute approximate surface area is 354 Å². The minimum atomic E-state index is -1.32. The third-order valence-electron chi connectivity index (χ3n) is 10.6. The fraction of sp³-hybridized carbons (Fsp3) is 0.805. The Morgan fingerprint density at radius 2 is 1.38 bits per heavy atom. The lowest BCUT2D eigenvalue weighted by Crippen LogP contribution is -2.62.